The number of hydrogen-bond acceptors (Lipinski definition) is 5. The van der Waals surface area contributed by atoms with Gasteiger partial charge in [-0.15, -0.1) is 0 Å². The number of hydrogen-bond donors (Lipinski definition) is 0. The molecule has 0 N–H and O–H groups in total. The number of nitrogens with zero attached hydrogens (tertiary/aromatic N) is 5. The third-order valence-electron chi connectivity index (χ3n) is 3.84. The fourth-order valence-electron chi connectivity index (χ4n) is 2.66. The van der Waals surface area contributed by atoms with E-state index in [0.29, 0.717) is 18.9 Å². The third-order valence-corrected chi connectivity index (χ3v) is 4.01. The fourth-order valence-corrected chi connectivity index (χ4v) is 2.82. The molecule has 114 valence electrons. The van der Waals surface area contributed by atoms with Gasteiger partial charge in [0.15, 0.2) is 11.5 Å². The van der Waals surface area contributed by atoms with Crippen LogP contribution in [0.4, 0.5) is 5.82 Å². The van der Waals surface area contributed by atoms with Crippen molar-refractivity contribution < 1.29 is 4.74 Å². The SMILES string of the molecule is CCCCc1nc2nc(Cl)nc(N3CCOCC3)c2n1C. The summed E-state index contributed by atoms with van der Waals surface area (Å²) in [4.78, 5) is 15.6. The summed E-state index contributed by atoms with van der Waals surface area (Å²) in [5.74, 6) is 1.91. The van der Waals surface area contributed by atoms with Crippen molar-refractivity contribution in [2.24, 2.45) is 7.05 Å². The van der Waals surface area contributed by atoms with E-state index in [9.17, 15) is 0 Å². The Morgan fingerprint density at radius 3 is 2.67 bits per heavy atom. The van der Waals surface area contributed by atoms with Gasteiger partial charge in [0.25, 0.3) is 0 Å². The molecular formula is C14H20ClN5O. The largest absolute Gasteiger partial charge is 0.378 e. The second-order valence-electron chi connectivity index (χ2n) is 5.28. The highest BCUT2D eigenvalue weighted by Crippen LogP contribution is 2.27. The van der Waals surface area contributed by atoms with Crippen molar-refractivity contribution in [1.29, 1.82) is 0 Å². The number of anilines is 1. The number of aromatic nitrogens is 4. The Hall–Kier alpha value is -1.40. The summed E-state index contributed by atoms with van der Waals surface area (Å²) >= 11 is 6.08. The molecule has 2 aromatic heterocycles. The maximum Gasteiger partial charge on any atom is 0.226 e. The zero-order chi connectivity index (χ0) is 14.8. The van der Waals surface area contributed by atoms with Gasteiger partial charge < -0.3 is 14.2 Å². The highest BCUT2D eigenvalue weighted by atomic mass is 35.5. The van der Waals surface area contributed by atoms with Crippen LogP contribution in [0.2, 0.25) is 5.28 Å². The Balaban J connectivity index is 2.07. The summed E-state index contributed by atoms with van der Waals surface area (Å²) in [6.45, 7) is 5.24. The van der Waals surface area contributed by atoms with Crippen molar-refractivity contribution in [2.45, 2.75) is 26.2 Å². The second kappa shape index (κ2) is 6.15. The van der Waals surface area contributed by atoms with Crippen LogP contribution in [0.5, 0.6) is 0 Å². The normalized spacial score (nSPS) is 15.9. The first kappa shape index (κ1) is 14.5. The minimum atomic E-state index is 0.254. The molecule has 7 heteroatoms. The van der Waals surface area contributed by atoms with Gasteiger partial charge in [-0.25, -0.2) is 4.98 Å². The van der Waals surface area contributed by atoms with E-state index in [1.54, 1.807) is 0 Å². The average molecular weight is 310 g/mol. The van der Waals surface area contributed by atoms with E-state index >= 15 is 0 Å². The van der Waals surface area contributed by atoms with Crippen LogP contribution in [0.1, 0.15) is 25.6 Å². The topological polar surface area (TPSA) is 56.1 Å². The van der Waals surface area contributed by atoms with Crippen molar-refractivity contribution in [2.75, 3.05) is 31.2 Å². The standard InChI is InChI=1S/C14H20ClN5O/c1-3-4-5-10-16-12-11(19(10)2)13(18-14(15)17-12)20-6-8-21-9-7-20/h3-9H2,1-2H3. The van der Waals surface area contributed by atoms with Gasteiger partial charge in [-0.1, -0.05) is 13.3 Å². The highest BCUT2D eigenvalue weighted by molar-refractivity contribution is 6.28. The maximum absolute atomic E-state index is 6.08. The van der Waals surface area contributed by atoms with Crippen LogP contribution in [0, 0.1) is 0 Å². The van der Waals surface area contributed by atoms with Crippen LogP contribution < -0.4 is 4.90 Å². The van der Waals surface area contributed by atoms with E-state index in [-0.39, 0.29) is 5.28 Å². The lowest BCUT2D eigenvalue weighted by molar-refractivity contribution is 0.122. The molecule has 0 saturated carbocycles. The Morgan fingerprint density at radius 2 is 1.95 bits per heavy atom. The van der Waals surface area contributed by atoms with E-state index in [0.717, 1.165) is 49.5 Å². The highest BCUT2D eigenvalue weighted by Gasteiger charge is 2.21. The molecule has 1 fully saturated rings. The predicted molar refractivity (Wildman–Crippen MR) is 83.0 cm³/mol. The molecule has 3 rings (SSSR count). The molecule has 0 aromatic carbocycles. The predicted octanol–water partition coefficient (Wildman–Crippen LogP) is 2.20. The molecule has 0 spiro atoms. The number of ether oxygens (including phenoxy) is 1. The first-order chi connectivity index (χ1) is 10.2. The third kappa shape index (κ3) is 2.82. The lowest BCUT2D eigenvalue weighted by Crippen LogP contribution is -2.37. The molecular weight excluding hydrogens is 290 g/mol. The molecule has 0 atom stereocenters. The number of rotatable bonds is 4. The Bertz CT molecular complexity index is 636. The molecule has 0 unspecified atom stereocenters. The van der Waals surface area contributed by atoms with Crippen LogP contribution >= 0.6 is 11.6 Å². The molecule has 3 heterocycles. The van der Waals surface area contributed by atoms with Crippen molar-refractivity contribution >= 4 is 28.6 Å². The van der Waals surface area contributed by atoms with Gasteiger partial charge in [0.2, 0.25) is 5.28 Å². The minimum absolute atomic E-state index is 0.254. The molecule has 2 aromatic rings. The monoisotopic (exact) mass is 309 g/mol. The number of halogens is 1. The van der Waals surface area contributed by atoms with Gasteiger partial charge in [-0.05, 0) is 18.0 Å². The van der Waals surface area contributed by atoms with Gasteiger partial charge in [-0.2, -0.15) is 9.97 Å². The Morgan fingerprint density at radius 1 is 1.19 bits per heavy atom. The number of imidazole rings is 1. The van der Waals surface area contributed by atoms with Crippen molar-refractivity contribution in [1.82, 2.24) is 19.5 Å². The molecule has 0 aliphatic carbocycles. The number of morpholine rings is 1. The first-order valence-corrected chi connectivity index (χ1v) is 7.80. The smallest absolute Gasteiger partial charge is 0.226 e. The van der Waals surface area contributed by atoms with E-state index in [1.165, 1.54) is 0 Å². The molecule has 1 aliphatic rings. The summed E-state index contributed by atoms with van der Waals surface area (Å²) in [5.41, 5.74) is 1.65. The summed E-state index contributed by atoms with van der Waals surface area (Å²) in [6, 6.07) is 0. The van der Waals surface area contributed by atoms with Crippen LogP contribution in [0.15, 0.2) is 0 Å². The molecule has 1 saturated heterocycles. The van der Waals surface area contributed by atoms with Crippen molar-refractivity contribution in [3.63, 3.8) is 0 Å². The molecule has 21 heavy (non-hydrogen) atoms. The van der Waals surface area contributed by atoms with E-state index in [2.05, 4.69) is 31.3 Å². The average Bonchev–Trinajstić information content (AvgIpc) is 2.81. The van der Waals surface area contributed by atoms with Crippen molar-refractivity contribution in [3.8, 4) is 0 Å². The van der Waals surface area contributed by atoms with E-state index in [4.69, 9.17) is 16.3 Å². The molecule has 0 bridgehead atoms. The molecule has 1 aliphatic heterocycles. The molecule has 0 radical (unpaired) electrons. The fraction of sp³-hybridized carbons (Fsp3) is 0.643. The van der Waals surface area contributed by atoms with Gasteiger partial charge in [-0.3, -0.25) is 0 Å². The number of fused-ring (bicyclic) bond motifs is 1. The molecule has 0 amide bonds. The molecule has 6 nitrogen and oxygen atoms in total. The second-order valence-corrected chi connectivity index (χ2v) is 5.62. The Kier molecular flexibility index (Phi) is 4.26. The summed E-state index contributed by atoms with van der Waals surface area (Å²) in [7, 11) is 2.03. The van der Waals surface area contributed by atoms with Gasteiger partial charge in [0.05, 0.1) is 13.2 Å². The van der Waals surface area contributed by atoms with Crippen molar-refractivity contribution in [3.05, 3.63) is 11.1 Å². The zero-order valence-corrected chi connectivity index (χ0v) is 13.2. The zero-order valence-electron chi connectivity index (χ0n) is 12.5. The first-order valence-electron chi connectivity index (χ1n) is 7.42. The summed E-state index contributed by atoms with van der Waals surface area (Å²) in [5, 5.41) is 0.254. The van der Waals surface area contributed by atoms with Gasteiger partial charge in [0.1, 0.15) is 11.3 Å². The lowest BCUT2D eigenvalue weighted by atomic mass is 10.2. The minimum Gasteiger partial charge on any atom is -0.378 e. The van der Waals surface area contributed by atoms with Crippen LogP contribution in [0.25, 0.3) is 11.2 Å². The maximum atomic E-state index is 6.08. The Labute approximate surface area is 129 Å². The quantitative estimate of drug-likeness (QED) is 0.810. The van der Waals surface area contributed by atoms with Gasteiger partial charge in [0, 0.05) is 26.6 Å². The van der Waals surface area contributed by atoms with Crippen LogP contribution in [-0.2, 0) is 18.2 Å². The van der Waals surface area contributed by atoms with Gasteiger partial charge >= 0.3 is 0 Å². The summed E-state index contributed by atoms with van der Waals surface area (Å²) in [6.07, 6.45) is 3.21. The van der Waals surface area contributed by atoms with Crippen LogP contribution in [-0.4, -0.2) is 45.8 Å². The number of aryl methyl sites for hydroxylation is 2. The summed E-state index contributed by atoms with van der Waals surface area (Å²) < 4.78 is 7.51. The van der Waals surface area contributed by atoms with E-state index in [1.807, 2.05) is 7.05 Å². The number of unbranched alkanes of at least 4 members (excludes halogenated alkanes) is 1. The van der Waals surface area contributed by atoms with E-state index < -0.39 is 0 Å². The lowest BCUT2D eigenvalue weighted by Gasteiger charge is -2.28. The van der Waals surface area contributed by atoms with Crippen LogP contribution in [0.3, 0.4) is 0 Å².